The van der Waals surface area contributed by atoms with Gasteiger partial charge in [-0.2, -0.15) is 0 Å². The molecule has 3 heteroatoms. The summed E-state index contributed by atoms with van der Waals surface area (Å²) in [5, 5.41) is 0.437. The Hall–Kier alpha value is -0.153. The molecule has 1 heterocycles. The predicted molar refractivity (Wildman–Crippen MR) is 47.1 cm³/mol. The molecular formula is C8H16O2Si. The van der Waals surface area contributed by atoms with Crippen LogP contribution in [0.15, 0.2) is 0 Å². The van der Waals surface area contributed by atoms with Crippen LogP contribution in [-0.4, -0.2) is 21.1 Å². The first-order valence-corrected chi connectivity index (χ1v) is 6.35. The number of rotatable bonds is 3. The lowest BCUT2D eigenvalue weighted by atomic mass is 10.4. The fourth-order valence-corrected chi connectivity index (χ4v) is 3.80. The van der Waals surface area contributed by atoms with Gasteiger partial charge in [-0.05, 0) is 18.9 Å². The molecule has 0 bridgehead atoms. The molecule has 0 N–H and O–H groups in total. The Balaban J connectivity index is 2.27. The lowest BCUT2D eigenvalue weighted by molar-refractivity contribution is -0.113. The molecule has 1 atom stereocenters. The van der Waals surface area contributed by atoms with Gasteiger partial charge < -0.3 is 9.22 Å². The zero-order valence-corrected chi connectivity index (χ0v) is 8.29. The molecule has 0 saturated carbocycles. The van der Waals surface area contributed by atoms with Gasteiger partial charge >= 0.3 is 0 Å². The van der Waals surface area contributed by atoms with Crippen LogP contribution in [0.4, 0.5) is 0 Å². The Morgan fingerprint density at radius 3 is 2.91 bits per heavy atom. The van der Waals surface area contributed by atoms with Gasteiger partial charge in [-0.3, -0.25) is 0 Å². The van der Waals surface area contributed by atoms with E-state index in [1.165, 1.54) is 6.42 Å². The van der Waals surface area contributed by atoms with Crippen LogP contribution in [0, 0.1) is 0 Å². The first-order chi connectivity index (χ1) is 5.34. The molecule has 0 aromatic carbocycles. The fourth-order valence-electron chi connectivity index (χ4n) is 1.40. The van der Waals surface area contributed by atoms with E-state index >= 15 is 0 Å². The molecule has 64 valence electrons. The summed E-state index contributed by atoms with van der Waals surface area (Å²) in [5.74, 6) is 0. The van der Waals surface area contributed by atoms with Gasteiger partial charge in [-0.25, -0.2) is 0 Å². The van der Waals surface area contributed by atoms with Crippen molar-refractivity contribution in [2.75, 3.05) is 6.61 Å². The molecule has 1 aliphatic heterocycles. The maximum Gasteiger partial charge on any atom is 0.249 e. The number of carbonyl (C=O) groups excluding carboxylic acids is 1. The lowest BCUT2D eigenvalue weighted by Crippen LogP contribution is -2.32. The van der Waals surface area contributed by atoms with Crippen molar-refractivity contribution in [2.24, 2.45) is 0 Å². The molecule has 1 fully saturated rings. The van der Waals surface area contributed by atoms with Crippen molar-refractivity contribution in [1.82, 2.24) is 0 Å². The maximum absolute atomic E-state index is 11.3. The van der Waals surface area contributed by atoms with Gasteiger partial charge in [-0.15, -0.1) is 0 Å². The van der Waals surface area contributed by atoms with E-state index < -0.39 is 9.04 Å². The zero-order valence-electron chi connectivity index (χ0n) is 7.14. The molecule has 0 spiro atoms. The number of hydrogen-bond acceptors (Lipinski definition) is 2. The van der Waals surface area contributed by atoms with Gasteiger partial charge in [0.15, 0.2) is 0 Å². The van der Waals surface area contributed by atoms with Crippen LogP contribution in [0.25, 0.3) is 0 Å². The highest BCUT2D eigenvalue weighted by Gasteiger charge is 2.23. The Morgan fingerprint density at radius 2 is 2.36 bits per heavy atom. The average Bonchev–Trinajstić information content (AvgIpc) is 2.07. The summed E-state index contributed by atoms with van der Waals surface area (Å²) in [7, 11) is -1.38. The van der Waals surface area contributed by atoms with E-state index in [-0.39, 0.29) is 0 Å². The lowest BCUT2D eigenvalue weighted by Gasteiger charge is -2.19. The van der Waals surface area contributed by atoms with E-state index in [0.717, 1.165) is 31.9 Å². The number of carbonyl (C=O) groups is 1. The smallest absolute Gasteiger partial charge is 0.249 e. The Labute approximate surface area is 69.7 Å². The summed E-state index contributed by atoms with van der Waals surface area (Å²) in [6, 6.07) is 1.08. The molecule has 1 saturated heterocycles. The highest BCUT2D eigenvalue weighted by atomic mass is 28.3. The summed E-state index contributed by atoms with van der Waals surface area (Å²) >= 11 is 0. The first kappa shape index (κ1) is 8.94. The maximum atomic E-state index is 11.3. The van der Waals surface area contributed by atoms with Crippen LogP contribution >= 0.6 is 0 Å². The topological polar surface area (TPSA) is 26.3 Å². The van der Waals surface area contributed by atoms with Crippen LogP contribution in [-0.2, 0) is 9.22 Å². The van der Waals surface area contributed by atoms with E-state index in [1.807, 2.05) is 0 Å². The second kappa shape index (κ2) is 4.67. The van der Waals surface area contributed by atoms with Crippen molar-refractivity contribution in [3.63, 3.8) is 0 Å². The summed E-state index contributed by atoms with van der Waals surface area (Å²) in [6.45, 7) is 2.89. The Kier molecular flexibility index (Phi) is 3.79. The minimum absolute atomic E-state index is 0.437. The van der Waals surface area contributed by atoms with E-state index in [0.29, 0.717) is 5.41 Å². The van der Waals surface area contributed by atoms with Crippen molar-refractivity contribution in [2.45, 2.75) is 38.7 Å². The van der Waals surface area contributed by atoms with Crippen molar-refractivity contribution >= 4 is 14.4 Å². The molecule has 0 aromatic heterocycles. The fraction of sp³-hybridized carbons (Fsp3) is 0.875. The summed E-state index contributed by atoms with van der Waals surface area (Å²) < 4.78 is 5.48. The monoisotopic (exact) mass is 172 g/mol. The quantitative estimate of drug-likeness (QED) is 0.602. The third-order valence-corrected chi connectivity index (χ3v) is 4.61. The van der Waals surface area contributed by atoms with Crippen LogP contribution in [0.5, 0.6) is 0 Å². The van der Waals surface area contributed by atoms with Crippen molar-refractivity contribution in [3.05, 3.63) is 0 Å². The summed E-state index contributed by atoms with van der Waals surface area (Å²) in [5.41, 5.74) is 0. The van der Waals surface area contributed by atoms with Crippen LogP contribution in [0.1, 0.15) is 32.6 Å². The SMILES string of the molecule is CCCC(=O)[SiH]1CCCCO1. The highest BCUT2D eigenvalue weighted by Crippen LogP contribution is 2.12. The van der Waals surface area contributed by atoms with Crippen molar-refractivity contribution < 1.29 is 9.22 Å². The van der Waals surface area contributed by atoms with E-state index in [2.05, 4.69) is 6.92 Å². The largest absolute Gasteiger partial charge is 0.412 e. The molecule has 0 radical (unpaired) electrons. The first-order valence-electron chi connectivity index (χ1n) is 4.49. The van der Waals surface area contributed by atoms with Crippen molar-refractivity contribution in [1.29, 1.82) is 0 Å². The average molecular weight is 172 g/mol. The standard InChI is InChI=1S/C8H16O2Si/c1-2-5-8(9)11-7-4-3-6-10-11/h11H,2-7H2,1H3. The van der Waals surface area contributed by atoms with Crippen molar-refractivity contribution in [3.8, 4) is 0 Å². The molecule has 0 aliphatic carbocycles. The summed E-state index contributed by atoms with van der Waals surface area (Å²) in [6.07, 6.45) is 4.10. The van der Waals surface area contributed by atoms with Crippen LogP contribution in [0.2, 0.25) is 6.04 Å². The molecule has 0 amide bonds. The van der Waals surface area contributed by atoms with Gasteiger partial charge in [0.2, 0.25) is 9.04 Å². The molecule has 0 aromatic rings. The normalized spacial score (nSPS) is 25.0. The molecule has 1 rings (SSSR count). The Morgan fingerprint density at radius 1 is 1.55 bits per heavy atom. The zero-order chi connectivity index (χ0) is 8.10. The third-order valence-electron chi connectivity index (χ3n) is 2.04. The second-order valence-electron chi connectivity index (χ2n) is 3.07. The van der Waals surface area contributed by atoms with Gasteiger partial charge in [0.25, 0.3) is 0 Å². The van der Waals surface area contributed by atoms with Gasteiger partial charge in [0.05, 0.1) is 0 Å². The number of hydrogen-bond donors (Lipinski definition) is 0. The predicted octanol–water partition coefficient (Wildman–Crippen LogP) is 1.43. The van der Waals surface area contributed by atoms with Crippen LogP contribution in [0.3, 0.4) is 0 Å². The summed E-state index contributed by atoms with van der Waals surface area (Å²) in [4.78, 5) is 11.3. The second-order valence-corrected chi connectivity index (χ2v) is 5.60. The Bertz CT molecular complexity index is 130. The van der Waals surface area contributed by atoms with E-state index in [9.17, 15) is 4.79 Å². The molecule has 1 unspecified atom stereocenters. The van der Waals surface area contributed by atoms with E-state index in [4.69, 9.17) is 4.43 Å². The minimum Gasteiger partial charge on any atom is -0.412 e. The molecular weight excluding hydrogens is 156 g/mol. The van der Waals surface area contributed by atoms with E-state index in [1.54, 1.807) is 0 Å². The highest BCUT2D eigenvalue weighted by molar-refractivity contribution is 6.85. The third kappa shape index (κ3) is 2.75. The molecule has 11 heavy (non-hydrogen) atoms. The molecule has 1 aliphatic rings. The van der Waals surface area contributed by atoms with Gasteiger partial charge in [0, 0.05) is 13.0 Å². The molecule has 2 nitrogen and oxygen atoms in total. The van der Waals surface area contributed by atoms with Gasteiger partial charge in [-0.1, -0.05) is 13.3 Å². The van der Waals surface area contributed by atoms with Gasteiger partial charge in [0.1, 0.15) is 5.41 Å². The van der Waals surface area contributed by atoms with Crippen LogP contribution < -0.4 is 0 Å². The minimum atomic E-state index is -1.38.